The van der Waals surface area contributed by atoms with Gasteiger partial charge in [0.2, 0.25) is 0 Å². The first-order valence-electron chi connectivity index (χ1n) is 5.93. The molecule has 0 aromatic heterocycles. The molecule has 0 heterocycles. The minimum Gasteiger partial charge on any atom is -0.262 e. The standard InChI is InChI=1S/C16H17N/c1-3-17-13(2)14-9-11-16(12-10-14)15-7-5-4-6-8-15/h3-5,7,9-12H,1,6,8H2,2H3. The Balaban J connectivity index is 2.24. The van der Waals surface area contributed by atoms with Gasteiger partial charge in [-0.2, -0.15) is 0 Å². The second-order valence-electron chi connectivity index (χ2n) is 4.13. The fourth-order valence-corrected chi connectivity index (χ4v) is 1.98. The average Bonchev–Trinajstić information content (AvgIpc) is 2.40. The second kappa shape index (κ2) is 5.44. The van der Waals surface area contributed by atoms with Crippen molar-refractivity contribution in [3.63, 3.8) is 0 Å². The summed E-state index contributed by atoms with van der Waals surface area (Å²) in [5, 5.41) is 0. The molecule has 0 aliphatic heterocycles. The molecule has 0 saturated heterocycles. The summed E-state index contributed by atoms with van der Waals surface area (Å²) in [6.45, 7) is 5.61. The molecule has 0 bridgehead atoms. The maximum Gasteiger partial charge on any atom is 0.0444 e. The lowest BCUT2D eigenvalue weighted by Gasteiger charge is -2.09. The van der Waals surface area contributed by atoms with Crippen LogP contribution in [0.5, 0.6) is 0 Å². The first-order valence-corrected chi connectivity index (χ1v) is 5.93. The van der Waals surface area contributed by atoms with Crippen molar-refractivity contribution in [3.8, 4) is 0 Å². The van der Waals surface area contributed by atoms with Crippen molar-refractivity contribution in [3.05, 3.63) is 66.4 Å². The SMILES string of the molecule is C=CN=C(C)c1ccc(C2=CC=CCC2)cc1. The van der Waals surface area contributed by atoms with Crippen molar-refractivity contribution < 1.29 is 0 Å². The molecule has 1 heteroatoms. The molecule has 0 saturated carbocycles. The maximum atomic E-state index is 4.19. The van der Waals surface area contributed by atoms with Crippen LogP contribution in [-0.4, -0.2) is 5.71 Å². The Bertz CT molecular complexity index is 487. The Morgan fingerprint density at radius 2 is 2.06 bits per heavy atom. The van der Waals surface area contributed by atoms with Crippen LogP contribution in [0.3, 0.4) is 0 Å². The predicted molar refractivity (Wildman–Crippen MR) is 75.2 cm³/mol. The van der Waals surface area contributed by atoms with Crippen LogP contribution in [0.4, 0.5) is 0 Å². The fourth-order valence-electron chi connectivity index (χ4n) is 1.98. The van der Waals surface area contributed by atoms with Crippen LogP contribution >= 0.6 is 0 Å². The van der Waals surface area contributed by atoms with Crippen LogP contribution in [-0.2, 0) is 0 Å². The monoisotopic (exact) mass is 223 g/mol. The maximum absolute atomic E-state index is 4.19. The largest absolute Gasteiger partial charge is 0.262 e. The van der Waals surface area contributed by atoms with Crippen LogP contribution in [0.2, 0.25) is 0 Å². The molecule has 0 radical (unpaired) electrons. The van der Waals surface area contributed by atoms with Crippen molar-refractivity contribution in [2.45, 2.75) is 19.8 Å². The van der Waals surface area contributed by atoms with Gasteiger partial charge < -0.3 is 0 Å². The molecular weight excluding hydrogens is 206 g/mol. The minimum absolute atomic E-state index is 1.00. The molecule has 1 aliphatic carbocycles. The molecular formula is C16H17N. The van der Waals surface area contributed by atoms with E-state index in [2.05, 4.69) is 54.1 Å². The third-order valence-corrected chi connectivity index (χ3v) is 2.97. The number of hydrogen-bond acceptors (Lipinski definition) is 1. The van der Waals surface area contributed by atoms with Crippen molar-refractivity contribution in [1.29, 1.82) is 0 Å². The molecule has 0 spiro atoms. The summed E-state index contributed by atoms with van der Waals surface area (Å²) in [4.78, 5) is 4.19. The van der Waals surface area contributed by atoms with Gasteiger partial charge >= 0.3 is 0 Å². The number of aliphatic imine (C=N–C) groups is 1. The highest BCUT2D eigenvalue weighted by Crippen LogP contribution is 2.23. The van der Waals surface area contributed by atoms with Crippen molar-refractivity contribution >= 4 is 11.3 Å². The number of rotatable bonds is 3. The molecule has 1 aromatic carbocycles. The Morgan fingerprint density at radius 1 is 1.29 bits per heavy atom. The molecule has 0 unspecified atom stereocenters. The van der Waals surface area contributed by atoms with E-state index in [0.29, 0.717) is 0 Å². The fraction of sp³-hybridized carbons (Fsp3) is 0.188. The highest BCUT2D eigenvalue weighted by atomic mass is 14.7. The molecule has 1 aliphatic rings. The van der Waals surface area contributed by atoms with Gasteiger partial charge in [0.15, 0.2) is 0 Å². The number of hydrogen-bond donors (Lipinski definition) is 0. The topological polar surface area (TPSA) is 12.4 Å². The third kappa shape index (κ3) is 2.82. The molecule has 0 amide bonds. The predicted octanol–water partition coefficient (Wildman–Crippen LogP) is 4.37. The quantitative estimate of drug-likeness (QED) is 0.675. The molecule has 0 atom stereocenters. The Kier molecular flexibility index (Phi) is 3.71. The van der Waals surface area contributed by atoms with Gasteiger partial charge in [0.25, 0.3) is 0 Å². The first-order chi connectivity index (χ1) is 8.31. The summed E-state index contributed by atoms with van der Waals surface area (Å²) in [5.41, 5.74) is 4.88. The third-order valence-electron chi connectivity index (χ3n) is 2.97. The van der Waals surface area contributed by atoms with E-state index in [-0.39, 0.29) is 0 Å². The number of allylic oxidation sites excluding steroid dienone is 4. The van der Waals surface area contributed by atoms with Crippen LogP contribution in [0.15, 0.2) is 60.3 Å². The van der Waals surface area contributed by atoms with Gasteiger partial charge in [0.1, 0.15) is 0 Å². The molecule has 1 nitrogen and oxygen atoms in total. The molecule has 0 fully saturated rings. The van der Waals surface area contributed by atoms with E-state index in [1.807, 2.05) is 6.92 Å². The lowest BCUT2D eigenvalue weighted by Crippen LogP contribution is -1.94. The van der Waals surface area contributed by atoms with Crippen molar-refractivity contribution in [2.24, 2.45) is 4.99 Å². The number of nitrogens with zero attached hydrogens (tertiary/aromatic N) is 1. The van der Waals surface area contributed by atoms with Crippen LogP contribution in [0.1, 0.15) is 30.9 Å². The molecule has 86 valence electrons. The summed E-state index contributed by atoms with van der Waals surface area (Å²) < 4.78 is 0. The number of benzene rings is 1. The van der Waals surface area contributed by atoms with Crippen LogP contribution < -0.4 is 0 Å². The zero-order valence-corrected chi connectivity index (χ0v) is 10.2. The van der Waals surface area contributed by atoms with Gasteiger partial charge in [0, 0.05) is 11.9 Å². The van der Waals surface area contributed by atoms with E-state index in [1.54, 1.807) is 6.20 Å². The Hall–Kier alpha value is -1.89. The molecule has 2 rings (SSSR count). The van der Waals surface area contributed by atoms with E-state index >= 15 is 0 Å². The minimum atomic E-state index is 1.00. The summed E-state index contributed by atoms with van der Waals surface area (Å²) >= 11 is 0. The summed E-state index contributed by atoms with van der Waals surface area (Å²) in [6.07, 6.45) is 10.4. The van der Waals surface area contributed by atoms with Gasteiger partial charge in [-0.1, -0.05) is 49.1 Å². The van der Waals surface area contributed by atoms with Crippen LogP contribution in [0, 0.1) is 0 Å². The van der Waals surface area contributed by atoms with Gasteiger partial charge in [-0.25, -0.2) is 0 Å². The smallest absolute Gasteiger partial charge is 0.0444 e. The molecule has 0 N–H and O–H groups in total. The Morgan fingerprint density at radius 3 is 2.65 bits per heavy atom. The van der Waals surface area contributed by atoms with E-state index in [0.717, 1.165) is 24.1 Å². The van der Waals surface area contributed by atoms with E-state index in [1.165, 1.54) is 11.1 Å². The zero-order valence-electron chi connectivity index (χ0n) is 10.2. The molecule has 17 heavy (non-hydrogen) atoms. The summed E-state index contributed by atoms with van der Waals surface area (Å²) in [6, 6.07) is 8.58. The average molecular weight is 223 g/mol. The molecule has 1 aromatic rings. The van der Waals surface area contributed by atoms with Crippen molar-refractivity contribution in [2.75, 3.05) is 0 Å². The Labute approximate surface area is 103 Å². The van der Waals surface area contributed by atoms with Crippen LogP contribution in [0.25, 0.3) is 5.57 Å². The second-order valence-corrected chi connectivity index (χ2v) is 4.13. The van der Waals surface area contributed by atoms with Gasteiger partial charge in [-0.15, -0.1) is 0 Å². The summed E-state index contributed by atoms with van der Waals surface area (Å²) in [5.74, 6) is 0. The van der Waals surface area contributed by atoms with E-state index in [4.69, 9.17) is 0 Å². The van der Waals surface area contributed by atoms with Crippen molar-refractivity contribution in [1.82, 2.24) is 0 Å². The van der Waals surface area contributed by atoms with Gasteiger partial charge in [0.05, 0.1) is 0 Å². The highest BCUT2D eigenvalue weighted by Gasteiger charge is 2.03. The van der Waals surface area contributed by atoms with E-state index < -0.39 is 0 Å². The lowest BCUT2D eigenvalue weighted by molar-refractivity contribution is 1.05. The highest BCUT2D eigenvalue weighted by molar-refractivity contribution is 5.99. The van der Waals surface area contributed by atoms with Gasteiger partial charge in [-0.05, 0) is 36.5 Å². The zero-order chi connectivity index (χ0) is 12.1. The lowest BCUT2D eigenvalue weighted by atomic mass is 9.96. The first kappa shape index (κ1) is 11.6. The van der Waals surface area contributed by atoms with Gasteiger partial charge in [-0.3, -0.25) is 4.99 Å². The van der Waals surface area contributed by atoms with E-state index in [9.17, 15) is 0 Å². The normalized spacial score (nSPS) is 15.6. The summed E-state index contributed by atoms with van der Waals surface area (Å²) in [7, 11) is 0.